The first kappa shape index (κ1) is 10.6. The largest absolute Gasteiger partial charge is 0.397 e. The second kappa shape index (κ2) is 4.69. The van der Waals surface area contributed by atoms with Crippen molar-refractivity contribution in [3.63, 3.8) is 0 Å². The molecule has 1 aromatic rings. The fourth-order valence-electron chi connectivity index (χ4n) is 1.41. The molecule has 0 aliphatic carbocycles. The van der Waals surface area contributed by atoms with Crippen LogP contribution in [0.4, 0.5) is 17.2 Å². The highest BCUT2D eigenvalue weighted by molar-refractivity contribution is 5.75. The van der Waals surface area contributed by atoms with Crippen molar-refractivity contribution in [1.82, 2.24) is 4.98 Å². The second-order valence-corrected chi connectivity index (χ2v) is 3.22. The third kappa shape index (κ3) is 2.07. The Labute approximate surface area is 84.9 Å². The molecule has 0 spiro atoms. The Morgan fingerprint density at radius 1 is 1.36 bits per heavy atom. The minimum atomic E-state index is 0.586. The molecule has 4 N–H and O–H groups in total. The van der Waals surface area contributed by atoms with Crippen molar-refractivity contribution in [1.29, 1.82) is 0 Å². The van der Waals surface area contributed by atoms with E-state index in [0.29, 0.717) is 11.4 Å². The highest BCUT2D eigenvalue weighted by Crippen LogP contribution is 2.25. The Kier molecular flexibility index (Phi) is 3.56. The SMILES string of the molecule is CCCN(CC)c1nccc(N)c1N. The maximum absolute atomic E-state index is 5.86. The lowest BCUT2D eigenvalue weighted by molar-refractivity contribution is 0.780. The normalized spacial score (nSPS) is 10.1. The summed E-state index contributed by atoms with van der Waals surface area (Å²) in [7, 11) is 0. The molecule has 1 aromatic heterocycles. The lowest BCUT2D eigenvalue weighted by Crippen LogP contribution is -2.25. The van der Waals surface area contributed by atoms with Crippen LogP contribution in [0.1, 0.15) is 20.3 Å². The molecule has 0 radical (unpaired) electrons. The Balaban J connectivity index is 2.97. The Morgan fingerprint density at radius 3 is 2.64 bits per heavy atom. The maximum atomic E-state index is 5.86. The standard InChI is InChI=1S/C10H18N4/c1-3-7-14(4-2)10-9(12)8(11)5-6-13-10/h5-6H,3-4,7,12H2,1-2H3,(H2,11,13). The lowest BCUT2D eigenvalue weighted by Gasteiger charge is -2.22. The quantitative estimate of drug-likeness (QED) is 0.761. The molecule has 1 rings (SSSR count). The van der Waals surface area contributed by atoms with Gasteiger partial charge < -0.3 is 16.4 Å². The molecule has 4 nitrogen and oxygen atoms in total. The van der Waals surface area contributed by atoms with Gasteiger partial charge in [0.25, 0.3) is 0 Å². The third-order valence-electron chi connectivity index (χ3n) is 2.18. The molecule has 0 aromatic carbocycles. The monoisotopic (exact) mass is 194 g/mol. The van der Waals surface area contributed by atoms with Gasteiger partial charge in [0.15, 0.2) is 5.82 Å². The second-order valence-electron chi connectivity index (χ2n) is 3.22. The number of hydrogen-bond acceptors (Lipinski definition) is 4. The van der Waals surface area contributed by atoms with E-state index in [-0.39, 0.29) is 0 Å². The molecule has 0 aliphatic rings. The number of pyridine rings is 1. The lowest BCUT2D eigenvalue weighted by atomic mass is 10.3. The molecule has 1 heterocycles. The number of nitrogens with two attached hydrogens (primary N) is 2. The summed E-state index contributed by atoms with van der Waals surface area (Å²) in [6, 6.07) is 1.72. The Morgan fingerprint density at radius 2 is 2.07 bits per heavy atom. The highest BCUT2D eigenvalue weighted by atomic mass is 15.2. The molecule has 14 heavy (non-hydrogen) atoms. The molecule has 0 unspecified atom stereocenters. The van der Waals surface area contributed by atoms with Crippen molar-refractivity contribution in [2.75, 3.05) is 29.5 Å². The Bertz CT molecular complexity index is 298. The van der Waals surface area contributed by atoms with Gasteiger partial charge >= 0.3 is 0 Å². The Hall–Kier alpha value is -1.45. The van der Waals surface area contributed by atoms with E-state index in [4.69, 9.17) is 11.5 Å². The first-order valence-electron chi connectivity index (χ1n) is 4.95. The number of anilines is 3. The van der Waals surface area contributed by atoms with E-state index in [1.54, 1.807) is 12.3 Å². The van der Waals surface area contributed by atoms with Gasteiger partial charge in [-0.25, -0.2) is 4.98 Å². The molecule has 0 saturated carbocycles. The van der Waals surface area contributed by atoms with Crippen LogP contribution in [0.25, 0.3) is 0 Å². The number of aromatic nitrogens is 1. The van der Waals surface area contributed by atoms with Crippen LogP contribution in [0.15, 0.2) is 12.3 Å². The minimum absolute atomic E-state index is 0.586. The summed E-state index contributed by atoms with van der Waals surface area (Å²) in [4.78, 5) is 6.38. The molecule has 0 atom stereocenters. The zero-order chi connectivity index (χ0) is 10.6. The van der Waals surface area contributed by atoms with E-state index < -0.39 is 0 Å². The third-order valence-corrected chi connectivity index (χ3v) is 2.18. The highest BCUT2D eigenvalue weighted by Gasteiger charge is 2.09. The molecular weight excluding hydrogens is 176 g/mol. The van der Waals surface area contributed by atoms with Crippen LogP contribution in [-0.2, 0) is 0 Å². The number of rotatable bonds is 4. The van der Waals surface area contributed by atoms with Gasteiger partial charge in [-0.05, 0) is 19.4 Å². The predicted molar refractivity (Wildman–Crippen MR) is 61.2 cm³/mol. The number of nitrogens with zero attached hydrogens (tertiary/aromatic N) is 2. The van der Waals surface area contributed by atoms with Gasteiger partial charge in [0.1, 0.15) is 0 Å². The maximum Gasteiger partial charge on any atom is 0.153 e. The fraction of sp³-hybridized carbons (Fsp3) is 0.500. The van der Waals surface area contributed by atoms with Gasteiger partial charge in [-0.2, -0.15) is 0 Å². The van der Waals surface area contributed by atoms with Crippen LogP contribution < -0.4 is 16.4 Å². The zero-order valence-corrected chi connectivity index (χ0v) is 8.83. The molecule has 0 fully saturated rings. The fourth-order valence-corrected chi connectivity index (χ4v) is 1.41. The van der Waals surface area contributed by atoms with Gasteiger partial charge in [0, 0.05) is 19.3 Å². The van der Waals surface area contributed by atoms with Crippen molar-refractivity contribution in [2.24, 2.45) is 0 Å². The zero-order valence-electron chi connectivity index (χ0n) is 8.83. The smallest absolute Gasteiger partial charge is 0.153 e. The van der Waals surface area contributed by atoms with Crippen molar-refractivity contribution in [3.8, 4) is 0 Å². The van der Waals surface area contributed by atoms with Crippen LogP contribution in [0, 0.1) is 0 Å². The summed E-state index contributed by atoms with van der Waals surface area (Å²) in [6.07, 6.45) is 2.77. The van der Waals surface area contributed by atoms with E-state index in [9.17, 15) is 0 Å². The number of nitrogen functional groups attached to an aromatic ring is 2. The summed E-state index contributed by atoms with van der Waals surface area (Å²) in [6.45, 7) is 6.07. The molecule has 0 amide bonds. The van der Waals surface area contributed by atoms with E-state index in [2.05, 4.69) is 23.7 Å². The molecule has 0 aliphatic heterocycles. The van der Waals surface area contributed by atoms with Crippen LogP contribution in [0.2, 0.25) is 0 Å². The molecule has 0 bridgehead atoms. The molecular formula is C10H18N4. The summed E-state index contributed by atoms with van der Waals surface area (Å²) >= 11 is 0. The summed E-state index contributed by atoms with van der Waals surface area (Å²) in [5.74, 6) is 0.800. The molecule has 78 valence electrons. The number of hydrogen-bond donors (Lipinski definition) is 2. The van der Waals surface area contributed by atoms with Crippen molar-refractivity contribution < 1.29 is 0 Å². The molecule has 0 saturated heterocycles. The topological polar surface area (TPSA) is 68.2 Å². The van der Waals surface area contributed by atoms with Crippen LogP contribution in [-0.4, -0.2) is 18.1 Å². The average molecular weight is 194 g/mol. The van der Waals surface area contributed by atoms with Crippen molar-refractivity contribution >= 4 is 17.2 Å². The van der Waals surface area contributed by atoms with Crippen LogP contribution >= 0.6 is 0 Å². The van der Waals surface area contributed by atoms with E-state index in [1.807, 2.05) is 0 Å². The van der Waals surface area contributed by atoms with Gasteiger partial charge in [-0.1, -0.05) is 6.92 Å². The van der Waals surface area contributed by atoms with Crippen molar-refractivity contribution in [2.45, 2.75) is 20.3 Å². The van der Waals surface area contributed by atoms with Gasteiger partial charge in [-0.3, -0.25) is 0 Å². The molecule has 4 heteroatoms. The van der Waals surface area contributed by atoms with Gasteiger partial charge in [-0.15, -0.1) is 0 Å². The van der Waals surface area contributed by atoms with E-state index in [0.717, 1.165) is 25.3 Å². The average Bonchev–Trinajstić information content (AvgIpc) is 2.19. The van der Waals surface area contributed by atoms with Crippen LogP contribution in [0.5, 0.6) is 0 Å². The first-order chi connectivity index (χ1) is 6.70. The summed E-state index contributed by atoms with van der Waals surface area (Å²) in [5.41, 5.74) is 12.8. The minimum Gasteiger partial charge on any atom is -0.397 e. The van der Waals surface area contributed by atoms with Gasteiger partial charge in [0.05, 0.1) is 11.4 Å². The predicted octanol–water partition coefficient (Wildman–Crippen LogP) is 1.48. The van der Waals surface area contributed by atoms with Crippen molar-refractivity contribution in [3.05, 3.63) is 12.3 Å². The van der Waals surface area contributed by atoms with Gasteiger partial charge in [0.2, 0.25) is 0 Å². The first-order valence-corrected chi connectivity index (χ1v) is 4.95. The summed E-state index contributed by atoms with van der Waals surface area (Å²) in [5, 5.41) is 0. The van der Waals surface area contributed by atoms with E-state index >= 15 is 0 Å². The van der Waals surface area contributed by atoms with E-state index in [1.165, 1.54) is 0 Å². The summed E-state index contributed by atoms with van der Waals surface area (Å²) < 4.78 is 0. The van der Waals surface area contributed by atoms with Crippen LogP contribution in [0.3, 0.4) is 0 Å².